The van der Waals surface area contributed by atoms with Crippen LogP contribution in [-0.2, 0) is 21.6 Å². The van der Waals surface area contributed by atoms with E-state index in [1.807, 2.05) is 36.4 Å². The second kappa shape index (κ2) is 7.47. The van der Waals surface area contributed by atoms with Crippen molar-refractivity contribution in [2.45, 2.75) is 38.5 Å². The van der Waals surface area contributed by atoms with Gasteiger partial charge < -0.3 is 14.4 Å². The van der Waals surface area contributed by atoms with Crippen LogP contribution in [0.5, 0.6) is 5.75 Å². The molecule has 0 bridgehead atoms. The van der Waals surface area contributed by atoms with Crippen LogP contribution in [0.4, 0.5) is 10.5 Å². The Bertz CT molecular complexity index is 976. The normalized spacial score (nSPS) is 18.0. The van der Waals surface area contributed by atoms with Crippen LogP contribution in [0.15, 0.2) is 48.5 Å². The largest absolute Gasteiger partial charge is 0.497 e. The predicted molar refractivity (Wildman–Crippen MR) is 107 cm³/mol. The lowest BCUT2D eigenvalue weighted by atomic mass is 9.93. The number of hydrogen-bond donors (Lipinski definition) is 1. The number of nitrogens with zero attached hydrogens (tertiary/aromatic N) is 2. The standard InChI is InChI=1S/C22H23N3O4/c1-21(2,3)29-20(27)24-22(14-23)17-11-10-16(28-4)12-18(17)25(19(22)26)13-15-8-6-5-7-9-15/h5-12H,13H2,1-4H3,(H,24,27). The number of fused-ring (bicyclic) bond motifs is 1. The Kier molecular flexibility index (Phi) is 5.21. The SMILES string of the molecule is COc1ccc2c(c1)N(Cc1ccccc1)C(=O)C2(C#N)NC(=O)OC(C)(C)C. The predicted octanol–water partition coefficient (Wildman–Crippen LogP) is 3.49. The molecule has 2 aromatic rings. The fraction of sp³-hybridized carbons (Fsp3) is 0.318. The van der Waals surface area contributed by atoms with E-state index in [9.17, 15) is 14.9 Å². The minimum Gasteiger partial charge on any atom is -0.497 e. The van der Waals surface area contributed by atoms with Crippen molar-refractivity contribution in [1.29, 1.82) is 5.26 Å². The number of hydrogen-bond acceptors (Lipinski definition) is 5. The van der Waals surface area contributed by atoms with Gasteiger partial charge in [0.2, 0.25) is 5.54 Å². The quantitative estimate of drug-likeness (QED) is 0.859. The maximum absolute atomic E-state index is 13.4. The van der Waals surface area contributed by atoms with Crippen molar-refractivity contribution < 1.29 is 19.1 Å². The number of anilines is 1. The number of ether oxygens (including phenoxy) is 2. The van der Waals surface area contributed by atoms with Crippen molar-refractivity contribution in [3.63, 3.8) is 0 Å². The lowest BCUT2D eigenvalue weighted by Crippen LogP contribution is -2.53. The van der Waals surface area contributed by atoms with Gasteiger partial charge in [0, 0.05) is 11.6 Å². The zero-order valence-corrected chi connectivity index (χ0v) is 16.9. The molecule has 7 nitrogen and oxygen atoms in total. The second-order valence-corrected chi connectivity index (χ2v) is 7.75. The summed E-state index contributed by atoms with van der Waals surface area (Å²) in [5, 5.41) is 12.5. The summed E-state index contributed by atoms with van der Waals surface area (Å²) in [6, 6.07) is 16.4. The van der Waals surface area contributed by atoms with Crippen LogP contribution in [0, 0.1) is 11.3 Å². The van der Waals surface area contributed by atoms with Crippen LogP contribution in [0.1, 0.15) is 31.9 Å². The van der Waals surface area contributed by atoms with Crippen molar-refractivity contribution >= 4 is 17.7 Å². The van der Waals surface area contributed by atoms with Crippen LogP contribution in [0.2, 0.25) is 0 Å². The number of alkyl carbamates (subject to hydrolysis) is 1. The molecule has 0 saturated heterocycles. The van der Waals surface area contributed by atoms with E-state index in [1.54, 1.807) is 39.0 Å². The van der Waals surface area contributed by atoms with Crippen LogP contribution in [0.3, 0.4) is 0 Å². The summed E-state index contributed by atoms with van der Waals surface area (Å²) in [5.74, 6) is -0.00131. The highest BCUT2D eigenvalue weighted by Gasteiger charge is 2.53. The van der Waals surface area contributed by atoms with Crippen LogP contribution >= 0.6 is 0 Å². The number of carbonyl (C=O) groups excluding carboxylic acids is 2. The number of rotatable bonds is 4. The summed E-state index contributed by atoms with van der Waals surface area (Å²) in [6.07, 6.45) is -0.837. The van der Waals surface area contributed by atoms with Gasteiger partial charge in [-0.1, -0.05) is 30.3 Å². The third-order valence-corrected chi connectivity index (χ3v) is 4.51. The molecule has 3 rings (SSSR count). The minimum absolute atomic E-state index is 0.249. The van der Waals surface area contributed by atoms with E-state index in [-0.39, 0.29) is 6.54 Å². The van der Waals surface area contributed by atoms with Crippen molar-refractivity contribution in [2.75, 3.05) is 12.0 Å². The van der Waals surface area contributed by atoms with Gasteiger partial charge in [-0.05, 0) is 38.5 Å². The first-order chi connectivity index (χ1) is 13.7. The lowest BCUT2D eigenvalue weighted by Gasteiger charge is -2.26. The average Bonchev–Trinajstić information content (AvgIpc) is 2.89. The summed E-state index contributed by atoms with van der Waals surface area (Å²) < 4.78 is 10.6. The fourth-order valence-corrected chi connectivity index (χ4v) is 3.24. The van der Waals surface area contributed by atoms with E-state index in [2.05, 4.69) is 5.32 Å². The van der Waals surface area contributed by atoms with Gasteiger partial charge in [0.25, 0.3) is 5.91 Å². The van der Waals surface area contributed by atoms with E-state index in [1.165, 1.54) is 12.0 Å². The first-order valence-corrected chi connectivity index (χ1v) is 9.17. The maximum Gasteiger partial charge on any atom is 0.409 e. The van der Waals surface area contributed by atoms with Crippen LogP contribution < -0.4 is 15.0 Å². The first-order valence-electron chi connectivity index (χ1n) is 9.17. The first kappa shape index (κ1) is 20.2. The molecule has 2 aromatic carbocycles. The number of methoxy groups -OCH3 is 1. The Balaban J connectivity index is 2.05. The minimum atomic E-state index is -1.88. The second-order valence-electron chi connectivity index (χ2n) is 7.75. The van der Waals surface area contributed by atoms with Gasteiger partial charge in [-0.3, -0.25) is 10.1 Å². The number of carbonyl (C=O) groups is 2. The molecule has 0 aromatic heterocycles. The molecule has 2 amide bonds. The zero-order chi connectivity index (χ0) is 21.2. The van der Waals surface area contributed by atoms with Crippen molar-refractivity contribution in [1.82, 2.24) is 5.32 Å². The van der Waals surface area contributed by atoms with E-state index >= 15 is 0 Å². The van der Waals surface area contributed by atoms with Crippen molar-refractivity contribution in [3.05, 3.63) is 59.7 Å². The van der Waals surface area contributed by atoms with Gasteiger partial charge in [0.1, 0.15) is 17.4 Å². The molecule has 1 unspecified atom stereocenters. The Hall–Kier alpha value is -3.53. The third kappa shape index (κ3) is 3.87. The van der Waals surface area contributed by atoms with E-state index in [4.69, 9.17) is 9.47 Å². The van der Waals surface area contributed by atoms with Crippen LogP contribution in [0.25, 0.3) is 0 Å². The smallest absolute Gasteiger partial charge is 0.409 e. The third-order valence-electron chi connectivity index (χ3n) is 4.51. The molecule has 0 saturated carbocycles. The van der Waals surface area contributed by atoms with Gasteiger partial charge in [0.05, 0.1) is 19.3 Å². The molecule has 1 heterocycles. The fourth-order valence-electron chi connectivity index (χ4n) is 3.24. The molecule has 0 fully saturated rings. The summed E-state index contributed by atoms with van der Waals surface area (Å²) in [4.78, 5) is 27.3. The Morgan fingerprint density at radius 2 is 1.90 bits per heavy atom. The molecule has 1 aliphatic heterocycles. The Morgan fingerprint density at radius 3 is 2.48 bits per heavy atom. The monoisotopic (exact) mass is 393 g/mol. The maximum atomic E-state index is 13.4. The highest BCUT2D eigenvalue weighted by Crippen LogP contribution is 2.43. The molecular formula is C22H23N3O4. The summed E-state index contributed by atoms with van der Waals surface area (Å²) >= 11 is 0. The molecule has 1 N–H and O–H groups in total. The topological polar surface area (TPSA) is 91.7 Å². The highest BCUT2D eigenvalue weighted by atomic mass is 16.6. The molecule has 0 aliphatic carbocycles. The molecule has 7 heteroatoms. The van der Waals surface area contributed by atoms with Gasteiger partial charge in [0.15, 0.2) is 0 Å². The zero-order valence-electron chi connectivity index (χ0n) is 16.9. The summed E-state index contributed by atoms with van der Waals surface area (Å²) in [7, 11) is 1.52. The number of amides is 2. The number of nitriles is 1. The Morgan fingerprint density at radius 1 is 1.21 bits per heavy atom. The summed E-state index contributed by atoms with van der Waals surface area (Å²) in [6.45, 7) is 5.38. The van der Waals surface area contributed by atoms with Crippen molar-refractivity contribution in [2.24, 2.45) is 0 Å². The number of benzene rings is 2. The van der Waals surface area contributed by atoms with E-state index in [0.717, 1.165) is 5.56 Å². The van der Waals surface area contributed by atoms with Gasteiger partial charge >= 0.3 is 6.09 Å². The average molecular weight is 393 g/mol. The molecular weight excluding hydrogens is 370 g/mol. The molecule has 0 spiro atoms. The van der Waals surface area contributed by atoms with E-state index in [0.29, 0.717) is 17.0 Å². The van der Waals surface area contributed by atoms with E-state index < -0.39 is 23.1 Å². The molecule has 1 atom stereocenters. The van der Waals surface area contributed by atoms with Gasteiger partial charge in [-0.2, -0.15) is 5.26 Å². The molecule has 150 valence electrons. The van der Waals surface area contributed by atoms with Crippen molar-refractivity contribution in [3.8, 4) is 11.8 Å². The number of nitrogens with one attached hydrogen (secondary N) is 1. The lowest BCUT2D eigenvalue weighted by molar-refractivity contribution is -0.122. The van der Waals surface area contributed by atoms with Crippen LogP contribution in [-0.4, -0.2) is 24.7 Å². The Labute approximate surface area is 169 Å². The molecule has 1 aliphatic rings. The highest BCUT2D eigenvalue weighted by molar-refractivity contribution is 6.11. The summed E-state index contributed by atoms with van der Waals surface area (Å²) in [5.41, 5.74) is -0.864. The van der Waals surface area contributed by atoms with Gasteiger partial charge in [-0.25, -0.2) is 4.79 Å². The molecule has 0 radical (unpaired) electrons. The van der Waals surface area contributed by atoms with Gasteiger partial charge in [-0.15, -0.1) is 0 Å². The molecule has 29 heavy (non-hydrogen) atoms.